The Bertz CT molecular complexity index is 747. The Balaban J connectivity index is 1.84. The first-order valence-corrected chi connectivity index (χ1v) is 10.9. The maximum atomic E-state index is 12.8. The van der Waals surface area contributed by atoms with Crippen LogP contribution >= 0.6 is 0 Å². The van der Waals surface area contributed by atoms with Gasteiger partial charge in [0.25, 0.3) is 0 Å². The molecule has 0 spiro atoms. The quantitative estimate of drug-likeness (QED) is 0.696. The van der Waals surface area contributed by atoms with Crippen molar-refractivity contribution >= 4 is 21.8 Å². The number of nitrogens with zero attached hydrogens (tertiary/aromatic N) is 1. The second-order valence-corrected chi connectivity index (χ2v) is 8.83. The van der Waals surface area contributed by atoms with Crippen molar-refractivity contribution in [2.24, 2.45) is 0 Å². The molecule has 7 nitrogen and oxygen atoms in total. The Hall–Kier alpha value is -1.93. The minimum absolute atomic E-state index is 0.0381. The lowest BCUT2D eigenvalue weighted by Gasteiger charge is -2.32. The molecular weight excluding hydrogens is 366 g/mol. The molecule has 1 saturated heterocycles. The monoisotopic (exact) mass is 395 g/mol. The van der Waals surface area contributed by atoms with Crippen LogP contribution < -0.4 is 10.6 Å². The van der Waals surface area contributed by atoms with Gasteiger partial charge in [-0.25, -0.2) is 8.42 Å². The summed E-state index contributed by atoms with van der Waals surface area (Å²) in [4.78, 5) is 22.7. The lowest BCUT2D eigenvalue weighted by Crippen LogP contribution is -2.41. The summed E-state index contributed by atoms with van der Waals surface area (Å²) in [5, 5.41) is 5.36. The number of hydrogen-bond donors (Lipinski definition) is 2. The van der Waals surface area contributed by atoms with Crippen molar-refractivity contribution in [3.8, 4) is 0 Å². The summed E-state index contributed by atoms with van der Waals surface area (Å²) >= 11 is 0. The molecule has 0 aromatic heterocycles. The third-order valence-corrected chi connectivity index (χ3v) is 6.76. The number of piperidine rings is 1. The molecule has 8 heteroatoms. The summed E-state index contributed by atoms with van der Waals surface area (Å²) in [7, 11) is -3.45. The highest BCUT2D eigenvalue weighted by Crippen LogP contribution is 2.25. The second kappa shape index (κ2) is 9.85. The Morgan fingerprint density at radius 3 is 2.44 bits per heavy atom. The first-order valence-electron chi connectivity index (χ1n) is 9.42. The maximum Gasteiger partial charge on any atom is 0.243 e. The Kier molecular flexibility index (Phi) is 7.79. The summed E-state index contributed by atoms with van der Waals surface area (Å²) in [6.45, 7) is 4.74. The molecule has 2 amide bonds. The number of nitrogens with one attached hydrogen (secondary N) is 2. The van der Waals surface area contributed by atoms with Gasteiger partial charge in [-0.1, -0.05) is 18.6 Å². The SMILES string of the molecule is CC(=O)NCCC(=O)NCCc1ccc(S(=O)(=O)N2CCCCC2C)cc1. The Labute approximate surface area is 161 Å². The average molecular weight is 396 g/mol. The molecule has 0 aliphatic carbocycles. The van der Waals surface area contributed by atoms with E-state index in [1.54, 1.807) is 28.6 Å². The van der Waals surface area contributed by atoms with Crippen LogP contribution in [0.5, 0.6) is 0 Å². The summed E-state index contributed by atoms with van der Waals surface area (Å²) < 4.78 is 27.2. The molecule has 0 bridgehead atoms. The zero-order valence-corrected chi connectivity index (χ0v) is 16.8. The van der Waals surface area contributed by atoms with E-state index in [1.807, 2.05) is 6.92 Å². The van der Waals surface area contributed by atoms with Crippen molar-refractivity contribution < 1.29 is 18.0 Å². The number of carbonyl (C=O) groups is 2. The van der Waals surface area contributed by atoms with E-state index in [9.17, 15) is 18.0 Å². The van der Waals surface area contributed by atoms with Crippen LogP contribution in [0.4, 0.5) is 0 Å². The fraction of sp³-hybridized carbons (Fsp3) is 0.579. The predicted octanol–water partition coefficient (Wildman–Crippen LogP) is 1.43. The molecule has 0 radical (unpaired) electrons. The number of benzene rings is 1. The molecule has 1 atom stereocenters. The van der Waals surface area contributed by atoms with Gasteiger partial charge in [0, 0.05) is 39.0 Å². The Morgan fingerprint density at radius 2 is 1.81 bits per heavy atom. The van der Waals surface area contributed by atoms with Crippen molar-refractivity contribution in [3.63, 3.8) is 0 Å². The molecule has 1 heterocycles. The molecule has 1 aliphatic rings. The number of amides is 2. The van der Waals surface area contributed by atoms with Gasteiger partial charge in [0.1, 0.15) is 0 Å². The van der Waals surface area contributed by atoms with E-state index in [0.29, 0.717) is 31.0 Å². The average Bonchev–Trinajstić information content (AvgIpc) is 2.62. The number of hydrogen-bond acceptors (Lipinski definition) is 4. The summed E-state index contributed by atoms with van der Waals surface area (Å²) in [5.41, 5.74) is 0.961. The fourth-order valence-corrected chi connectivity index (χ4v) is 4.88. The van der Waals surface area contributed by atoms with Gasteiger partial charge in [-0.2, -0.15) is 4.31 Å². The van der Waals surface area contributed by atoms with E-state index in [4.69, 9.17) is 0 Å². The third kappa shape index (κ3) is 6.32. The third-order valence-electron chi connectivity index (χ3n) is 4.73. The molecule has 2 N–H and O–H groups in total. The highest BCUT2D eigenvalue weighted by Gasteiger charge is 2.30. The van der Waals surface area contributed by atoms with Gasteiger partial charge in [-0.3, -0.25) is 9.59 Å². The first-order chi connectivity index (χ1) is 12.8. The molecule has 0 saturated carbocycles. The van der Waals surface area contributed by atoms with Crippen LogP contribution in [0.15, 0.2) is 29.2 Å². The van der Waals surface area contributed by atoms with Crippen LogP contribution in [-0.4, -0.2) is 50.2 Å². The van der Waals surface area contributed by atoms with E-state index in [0.717, 1.165) is 24.8 Å². The second-order valence-electron chi connectivity index (χ2n) is 6.94. The van der Waals surface area contributed by atoms with Crippen LogP contribution in [0.25, 0.3) is 0 Å². The van der Waals surface area contributed by atoms with E-state index in [1.165, 1.54) is 6.92 Å². The maximum absolute atomic E-state index is 12.8. The van der Waals surface area contributed by atoms with Gasteiger partial charge < -0.3 is 10.6 Å². The van der Waals surface area contributed by atoms with Gasteiger partial charge in [0.15, 0.2) is 0 Å². The molecule has 1 unspecified atom stereocenters. The minimum Gasteiger partial charge on any atom is -0.356 e. The molecule has 1 aliphatic heterocycles. The molecule has 1 aromatic rings. The van der Waals surface area contributed by atoms with E-state index in [-0.39, 0.29) is 24.3 Å². The highest BCUT2D eigenvalue weighted by atomic mass is 32.2. The van der Waals surface area contributed by atoms with Crippen LogP contribution in [0.3, 0.4) is 0 Å². The van der Waals surface area contributed by atoms with Gasteiger partial charge in [-0.15, -0.1) is 0 Å². The zero-order valence-electron chi connectivity index (χ0n) is 16.0. The van der Waals surface area contributed by atoms with E-state index in [2.05, 4.69) is 10.6 Å². The van der Waals surface area contributed by atoms with Crippen molar-refractivity contribution in [2.45, 2.75) is 56.9 Å². The molecule has 2 rings (SSSR count). The highest BCUT2D eigenvalue weighted by molar-refractivity contribution is 7.89. The molecule has 1 fully saturated rings. The van der Waals surface area contributed by atoms with Crippen molar-refractivity contribution in [3.05, 3.63) is 29.8 Å². The zero-order chi connectivity index (χ0) is 19.9. The number of rotatable bonds is 8. The normalized spacial score (nSPS) is 18.1. The first kappa shape index (κ1) is 21.4. The van der Waals surface area contributed by atoms with Gasteiger partial charge in [-0.05, 0) is 43.9 Å². The van der Waals surface area contributed by atoms with Crippen LogP contribution in [0.1, 0.15) is 45.1 Å². The predicted molar refractivity (Wildman–Crippen MR) is 104 cm³/mol. The minimum atomic E-state index is -3.45. The Morgan fingerprint density at radius 1 is 1.11 bits per heavy atom. The largest absolute Gasteiger partial charge is 0.356 e. The molecular formula is C19H29N3O4S. The summed E-state index contributed by atoms with van der Waals surface area (Å²) in [5.74, 6) is -0.279. The van der Waals surface area contributed by atoms with Gasteiger partial charge >= 0.3 is 0 Å². The van der Waals surface area contributed by atoms with Gasteiger partial charge in [0.05, 0.1) is 4.90 Å². The van der Waals surface area contributed by atoms with Gasteiger partial charge in [0.2, 0.25) is 21.8 Å². The summed E-state index contributed by atoms with van der Waals surface area (Å²) in [6.07, 6.45) is 3.74. The van der Waals surface area contributed by atoms with Crippen LogP contribution in [-0.2, 0) is 26.0 Å². The smallest absolute Gasteiger partial charge is 0.243 e. The number of carbonyl (C=O) groups excluding carboxylic acids is 2. The topological polar surface area (TPSA) is 95.6 Å². The van der Waals surface area contributed by atoms with Crippen molar-refractivity contribution in [2.75, 3.05) is 19.6 Å². The number of sulfonamides is 1. The van der Waals surface area contributed by atoms with E-state index >= 15 is 0 Å². The van der Waals surface area contributed by atoms with Crippen LogP contribution in [0.2, 0.25) is 0 Å². The molecule has 150 valence electrons. The van der Waals surface area contributed by atoms with Crippen molar-refractivity contribution in [1.82, 2.24) is 14.9 Å². The lowest BCUT2D eigenvalue weighted by atomic mass is 10.1. The van der Waals surface area contributed by atoms with Crippen LogP contribution in [0, 0.1) is 0 Å². The van der Waals surface area contributed by atoms with Crippen molar-refractivity contribution in [1.29, 1.82) is 0 Å². The molecule has 27 heavy (non-hydrogen) atoms. The fourth-order valence-electron chi connectivity index (χ4n) is 3.18. The lowest BCUT2D eigenvalue weighted by molar-refractivity contribution is -0.121. The standard InChI is InChI=1S/C19H29N3O4S/c1-15-5-3-4-14-22(15)27(25,26)18-8-6-17(7-9-18)10-12-21-19(24)11-13-20-16(2)23/h6-9,15H,3-5,10-14H2,1-2H3,(H,20,23)(H,21,24). The summed E-state index contributed by atoms with van der Waals surface area (Å²) in [6, 6.07) is 6.92. The van der Waals surface area contributed by atoms with E-state index < -0.39 is 10.0 Å². The molecule has 1 aromatic carbocycles.